The molecule has 8 heavy (non-hydrogen) atoms. The molecule has 0 aliphatic carbocycles. The van der Waals surface area contributed by atoms with E-state index in [0.717, 1.165) is 19.6 Å². The van der Waals surface area contributed by atoms with Crippen molar-refractivity contribution in [2.75, 3.05) is 13.2 Å². The number of ether oxygens (including phenoxy) is 1. The molecule has 1 heterocycles. The molecule has 1 aliphatic heterocycles. The Labute approximate surface area is 49.1 Å². The molecule has 2 nitrogen and oxygen atoms in total. The minimum absolute atomic E-state index is 0.528. The normalized spacial score (nSPS) is 27.6. The fraction of sp³-hybridized carbons (Fsp3) is 0.833. The van der Waals surface area contributed by atoms with Gasteiger partial charge in [-0.15, -0.1) is 0 Å². The van der Waals surface area contributed by atoms with E-state index in [4.69, 9.17) is 10.00 Å². The quantitative estimate of drug-likeness (QED) is 0.504. The summed E-state index contributed by atoms with van der Waals surface area (Å²) in [5.74, 6) is 0.528. The molecule has 0 aromatic rings. The summed E-state index contributed by atoms with van der Waals surface area (Å²) < 4.78 is 5.06. The Hall–Kier alpha value is -0.550. The maximum atomic E-state index is 8.22. The number of nitriles is 1. The van der Waals surface area contributed by atoms with Gasteiger partial charge in [0, 0.05) is 13.0 Å². The molecule has 0 unspecified atom stereocenters. The molecule has 2 heteroatoms. The predicted molar refractivity (Wildman–Crippen MR) is 29.2 cm³/mol. The SMILES string of the molecule is N#CC[C@H]1CCOC1. The number of rotatable bonds is 1. The molecule has 1 saturated heterocycles. The average Bonchev–Trinajstić information content (AvgIpc) is 2.19. The van der Waals surface area contributed by atoms with Gasteiger partial charge in [-0.2, -0.15) is 5.26 Å². The summed E-state index contributed by atoms with van der Waals surface area (Å²) in [4.78, 5) is 0. The van der Waals surface area contributed by atoms with Gasteiger partial charge in [-0.1, -0.05) is 0 Å². The van der Waals surface area contributed by atoms with Gasteiger partial charge in [0.25, 0.3) is 0 Å². The van der Waals surface area contributed by atoms with E-state index in [1.54, 1.807) is 0 Å². The van der Waals surface area contributed by atoms with E-state index in [9.17, 15) is 0 Å². The van der Waals surface area contributed by atoms with Crippen molar-refractivity contribution in [1.29, 1.82) is 5.26 Å². The molecule has 0 N–H and O–H groups in total. The van der Waals surface area contributed by atoms with Crippen molar-refractivity contribution in [3.63, 3.8) is 0 Å². The van der Waals surface area contributed by atoms with Gasteiger partial charge < -0.3 is 4.74 Å². The second-order valence-electron chi connectivity index (χ2n) is 2.09. The van der Waals surface area contributed by atoms with E-state index in [-0.39, 0.29) is 0 Å². The Morgan fingerprint density at radius 2 is 2.62 bits per heavy atom. The van der Waals surface area contributed by atoms with Crippen LogP contribution in [0.15, 0.2) is 0 Å². The lowest BCUT2D eigenvalue weighted by Crippen LogP contribution is -1.95. The van der Waals surface area contributed by atoms with Crippen LogP contribution in [0.4, 0.5) is 0 Å². The molecule has 0 saturated carbocycles. The summed E-state index contributed by atoms with van der Waals surface area (Å²) >= 11 is 0. The highest BCUT2D eigenvalue weighted by Crippen LogP contribution is 2.14. The predicted octanol–water partition coefficient (Wildman–Crippen LogP) is 0.937. The first-order chi connectivity index (χ1) is 3.93. The Kier molecular flexibility index (Phi) is 1.87. The van der Waals surface area contributed by atoms with Crippen LogP contribution in [0.25, 0.3) is 0 Å². The maximum Gasteiger partial charge on any atom is 0.0625 e. The molecule has 0 radical (unpaired) electrons. The molecular formula is C6H9NO. The Balaban J connectivity index is 2.17. The van der Waals surface area contributed by atoms with Crippen LogP contribution in [0, 0.1) is 17.2 Å². The molecule has 0 aromatic carbocycles. The zero-order valence-corrected chi connectivity index (χ0v) is 4.76. The largest absolute Gasteiger partial charge is 0.381 e. The van der Waals surface area contributed by atoms with Gasteiger partial charge in [0.15, 0.2) is 0 Å². The van der Waals surface area contributed by atoms with Crippen LogP contribution >= 0.6 is 0 Å². The summed E-state index contributed by atoms with van der Waals surface area (Å²) in [5.41, 5.74) is 0. The van der Waals surface area contributed by atoms with Crippen LogP contribution < -0.4 is 0 Å². The van der Waals surface area contributed by atoms with Crippen molar-refractivity contribution >= 4 is 0 Å². The van der Waals surface area contributed by atoms with Crippen molar-refractivity contribution in [2.45, 2.75) is 12.8 Å². The van der Waals surface area contributed by atoms with Gasteiger partial charge >= 0.3 is 0 Å². The lowest BCUT2D eigenvalue weighted by Gasteiger charge is -1.95. The van der Waals surface area contributed by atoms with Gasteiger partial charge in [0.2, 0.25) is 0 Å². The minimum Gasteiger partial charge on any atom is -0.381 e. The van der Waals surface area contributed by atoms with Crippen molar-refractivity contribution in [3.8, 4) is 6.07 Å². The van der Waals surface area contributed by atoms with Crippen molar-refractivity contribution < 1.29 is 4.74 Å². The summed E-state index contributed by atoms with van der Waals surface area (Å²) in [5, 5.41) is 8.22. The second kappa shape index (κ2) is 2.68. The summed E-state index contributed by atoms with van der Waals surface area (Å²) in [7, 11) is 0. The molecule has 0 amide bonds. The third-order valence-corrected chi connectivity index (χ3v) is 1.40. The van der Waals surface area contributed by atoms with Gasteiger partial charge in [0.1, 0.15) is 0 Å². The Morgan fingerprint density at radius 3 is 3.12 bits per heavy atom. The number of nitrogens with zero attached hydrogens (tertiary/aromatic N) is 1. The van der Waals surface area contributed by atoms with Crippen LogP contribution in [0.3, 0.4) is 0 Å². The molecular weight excluding hydrogens is 102 g/mol. The molecule has 1 fully saturated rings. The topological polar surface area (TPSA) is 33.0 Å². The molecule has 1 atom stereocenters. The summed E-state index contributed by atoms with van der Waals surface area (Å²) in [6, 6.07) is 2.13. The highest BCUT2D eigenvalue weighted by molar-refractivity contribution is 4.77. The molecule has 0 aromatic heterocycles. The lowest BCUT2D eigenvalue weighted by atomic mass is 10.1. The monoisotopic (exact) mass is 111 g/mol. The van der Waals surface area contributed by atoms with E-state index >= 15 is 0 Å². The zero-order valence-electron chi connectivity index (χ0n) is 4.76. The molecule has 0 spiro atoms. The third kappa shape index (κ3) is 1.21. The minimum atomic E-state index is 0.528. The van der Waals surface area contributed by atoms with Crippen LogP contribution in [0.2, 0.25) is 0 Å². The highest BCUT2D eigenvalue weighted by atomic mass is 16.5. The average molecular weight is 111 g/mol. The fourth-order valence-corrected chi connectivity index (χ4v) is 0.873. The van der Waals surface area contributed by atoms with Crippen molar-refractivity contribution in [1.82, 2.24) is 0 Å². The fourth-order valence-electron chi connectivity index (χ4n) is 0.873. The summed E-state index contributed by atoms with van der Waals surface area (Å²) in [6.07, 6.45) is 1.74. The smallest absolute Gasteiger partial charge is 0.0625 e. The molecule has 1 rings (SSSR count). The first kappa shape index (κ1) is 5.58. The van der Waals surface area contributed by atoms with E-state index < -0.39 is 0 Å². The first-order valence-electron chi connectivity index (χ1n) is 2.88. The van der Waals surface area contributed by atoms with E-state index in [1.165, 1.54) is 0 Å². The maximum absolute atomic E-state index is 8.22. The Bertz CT molecular complexity index is 99.6. The lowest BCUT2D eigenvalue weighted by molar-refractivity contribution is 0.186. The van der Waals surface area contributed by atoms with Gasteiger partial charge in [-0.3, -0.25) is 0 Å². The van der Waals surface area contributed by atoms with Gasteiger partial charge in [-0.25, -0.2) is 0 Å². The van der Waals surface area contributed by atoms with E-state index in [2.05, 4.69) is 6.07 Å². The standard InChI is InChI=1S/C6H9NO/c7-3-1-6-2-4-8-5-6/h6H,1-2,4-5H2/t6-/m0/s1. The summed E-state index contributed by atoms with van der Waals surface area (Å²) in [6.45, 7) is 1.65. The van der Waals surface area contributed by atoms with Crippen LogP contribution in [-0.4, -0.2) is 13.2 Å². The molecule has 1 aliphatic rings. The van der Waals surface area contributed by atoms with Crippen LogP contribution in [-0.2, 0) is 4.74 Å². The second-order valence-corrected chi connectivity index (χ2v) is 2.09. The first-order valence-corrected chi connectivity index (χ1v) is 2.88. The van der Waals surface area contributed by atoms with Gasteiger partial charge in [-0.05, 0) is 12.3 Å². The molecule has 44 valence electrons. The van der Waals surface area contributed by atoms with Gasteiger partial charge in [0.05, 0.1) is 12.7 Å². The number of hydrogen-bond donors (Lipinski definition) is 0. The third-order valence-electron chi connectivity index (χ3n) is 1.40. The molecule has 0 bridgehead atoms. The zero-order chi connectivity index (χ0) is 5.82. The highest BCUT2D eigenvalue weighted by Gasteiger charge is 2.13. The number of hydrogen-bond acceptors (Lipinski definition) is 2. The van der Waals surface area contributed by atoms with Crippen molar-refractivity contribution in [3.05, 3.63) is 0 Å². The Morgan fingerprint density at radius 1 is 1.75 bits per heavy atom. The van der Waals surface area contributed by atoms with E-state index in [0.29, 0.717) is 12.3 Å². The van der Waals surface area contributed by atoms with Crippen LogP contribution in [0.5, 0.6) is 0 Å². The van der Waals surface area contributed by atoms with Crippen molar-refractivity contribution in [2.24, 2.45) is 5.92 Å². The van der Waals surface area contributed by atoms with Crippen LogP contribution in [0.1, 0.15) is 12.8 Å². The van der Waals surface area contributed by atoms with E-state index in [1.807, 2.05) is 0 Å².